The first-order chi connectivity index (χ1) is 22.6. The minimum Gasteiger partial charge on any atom is -0.657 e. The molecule has 1 atom stereocenters. The number of nitrogens with zero attached hydrogens (tertiary/aromatic N) is 4. The smallest absolute Gasteiger partial charge is 0.657 e. The third kappa shape index (κ3) is 6.74. The summed E-state index contributed by atoms with van der Waals surface area (Å²) in [5.74, 6) is 0. The minimum absolute atomic E-state index is 0. The van der Waals surface area contributed by atoms with Crippen LogP contribution in [-0.2, 0) is 35.7 Å². The topological polar surface area (TPSA) is 74.2 Å². The molecule has 1 N–H and O–H groups in total. The molecule has 0 saturated carbocycles. The van der Waals surface area contributed by atoms with E-state index in [-0.39, 0.29) is 30.3 Å². The van der Waals surface area contributed by atoms with E-state index >= 15 is 0 Å². The van der Waals surface area contributed by atoms with Gasteiger partial charge in [-0.15, -0.1) is 22.1 Å². The number of benzene rings is 2. The number of aromatic nitrogens is 4. The molecule has 5 aromatic rings. The molecule has 0 amide bonds. The van der Waals surface area contributed by atoms with Gasteiger partial charge in [-0.2, -0.15) is 0 Å². The molecule has 7 rings (SSSR count). The number of rotatable bonds is 2. The van der Waals surface area contributed by atoms with Gasteiger partial charge in [0.1, 0.15) is 6.10 Å². The normalized spacial score (nSPS) is 15.7. The second-order valence-corrected chi connectivity index (χ2v) is 16.9. The molecular formula is C42H41IN4OZn. The maximum Gasteiger partial charge on any atom is 2.00 e. The van der Waals surface area contributed by atoms with Crippen molar-refractivity contribution in [1.29, 1.82) is 0 Å². The summed E-state index contributed by atoms with van der Waals surface area (Å²) in [5, 5.41) is 11.4. The Hall–Kier alpha value is -3.39. The van der Waals surface area contributed by atoms with Crippen LogP contribution in [0.3, 0.4) is 0 Å². The minimum atomic E-state index is -0.773. The summed E-state index contributed by atoms with van der Waals surface area (Å²) < 4.78 is 1.16. The van der Waals surface area contributed by atoms with Crippen molar-refractivity contribution in [1.82, 2.24) is 19.9 Å². The fourth-order valence-corrected chi connectivity index (χ4v) is 6.78. The maximum absolute atomic E-state index is 11.4. The second-order valence-electron chi connectivity index (χ2n) is 15.6. The van der Waals surface area contributed by atoms with Gasteiger partial charge in [-0.1, -0.05) is 122 Å². The third-order valence-corrected chi connectivity index (χ3v) is 10.2. The second kappa shape index (κ2) is 12.7. The molecule has 5 heterocycles. The zero-order valence-electron chi connectivity index (χ0n) is 29.6. The Morgan fingerprint density at radius 3 is 1.69 bits per heavy atom. The monoisotopic (exact) mass is 808 g/mol. The summed E-state index contributed by atoms with van der Waals surface area (Å²) in [6, 6.07) is 27.5. The summed E-state index contributed by atoms with van der Waals surface area (Å²) >= 11 is 2.34. The van der Waals surface area contributed by atoms with Crippen LogP contribution >= 0.6 is 22.6 Å². The third-order valence-electron chi connectivity index (χ3n) is 9.53. The van der Waals surface area contributed by atoms with Crippen molar-refractivity contribution in [2.45, 2.75) is 77.7 Å². The molecule has 3 aromatic heterocycles. The van der Waals surface area contributed by atoms with Crippen molar-refractivity contribution in [2.24, 2.45) is 0 Å². The zero-order valence-corrected chi connectivity index (χ0v) is 34.7. The summed E-state index contributed by atoms with van der Waals surface area (Å²) in [5.41, 5.74) is 12.2. The van der Waals surface area contributed by atoms with E-state index in [9.17, 15) is 5.11 Å². The van der Waals surface area contributed by atoms with Crippen LogP contribution in [0.25, 0.3) is 56.5 Å². The Morgan fingerprint density at radius 1 is 0.653 bits per heavy atom. The van der Waals surface area contributed by atoms with Gasteiger partial charge < -0.3 is 15.1 Å². The van der Waals surface area contributed by atoms with Gasteiger partial charge >= 0.3 is 19.5 Å². The van der Waals surface area contributed by atoms with Crippen LogP contribution in [0.5, 0.6) is 0 Å². The van der Waals surface area contributed by atoms with Gasteiger partial charge in [0.15, 0.2) is 0 Å². The van der Waals surface area contributed by atoms with Crippen molar-refractivity contribution >= 4 is 56.8 Å². The van der Waals surface area contributed by atoms with E-state index in [0.29, 0.717) is 5.69 Å². The first kappa shape index (κ1) is 35.4. The molecule has 49 heavy (non-hydrogen) atoms. The van der Waals surface area contributed by atoms with Crippen LogP contribution in [0.2, 0.25) is 0 Å². The van der Waals surface area contributed by atoms with Gasteiger partial charge in [-0.25, -0.2) is 4.98 Å². The Balaban J connectivity index is 0.00000417. The molecule has 0 radical (unpaired) electrons. The van der Waals surface area contributed by atoms with Crippen LogP contribution in [0.15, 0.2) is 78.9 Å². The van der Waals surface area contributed by atoms with Crippen LogP contribution in [0.4, 0.5) is 0 Å². The van der Waals surface area contributed by atoms with E-state index in [2.05, 4.69) is 125 Å². The van der Waals surface area contributed by atoms with Crippen molar-refractivity contribution < 1.29 is 24.6 Å². The fraction of sp³-hybridized carbons (Fsp3) is 0.286. The first-order valence-corrected chi connectivity index (χ1v) is 17.6. The standard InChI is InChI=1S/C42H41IN4O.Zn/c1-40(2,3)26-19-25(20-27(21-26)41(4,5)6)38-32-16-14-30(45-32)23-36-42(7,8)39(48)35(47-36)22-29-13-15-31(44-29)37(33-17-18-34(38)46-33)24-9-11-28(43)12-10-24;/h9-23,39,48H,1-8H3;/q-2;+2. The number of halogens is 1. The van der Waals surface area contributed by atoms with Crippen LogP contribution in [-0.4, -0.2) is 15.1 Å². The molecule has 0 saturated heterocycles. The molecule has 0 fully saturated rings. The van der Waals surface area contributed by atoms with E-state index in [1.165, 1.54) is 11.1 Å². The van der Waals surface area contributed by atoms with Crippen molar-refractivity contribution in [3.63, 3.8) is 0 Å². The number of hydrogen-bond acceptors (Lipinski definition) is 3. The first-order valence-electron chi connectivity index (χ1n) is 16.5. The summed E-state index contributed by atoms with van der Waals surface area (Å²) in [6.07, 6.45) is 3.44. The molecule has 5 nitrogen and oxygen atoms in total. The molecule has 2 aromatic carbocycles. The molecule has 0 spiro atoms. The zero-order chi connectivity index (χ0) is 34.2. The van der Waals surface area contributed by atoms with E-state index in [4.69, 9.17) is 19.9 Å². The van der Waals surface area contributed by atoms with Crippen molar-refractivity contribution in [3.05, 3.63) is 116 Å². The van der Waals surface area contributed by atoms with Gasteiger partial charge in [0, 0.05) is 14.7 Å². The van der Waals surface area contributed by atoms with Crippen molar-refractivity contribution in [3.8, 4) is 22.3 Å². The van der Waals surface area contributed by atoms with E-state index in [1.807, 2.05) is 44.2 Å². The van der Waals surface area contributed by atoms with Gasteiger partial charge in [-0.3, -0.25) is 4.98 Å². The largest absolute Gasteiger partial charge is 2.00 e. The van der Waals surface area contributed by atoms with Gasteiger partial charge in [-0.05, 0) is 91.1 Å². The number of fused-ring (bicyclic) bond motifs is 8. The van der Waals surface area contributed by atoms with Crippen LogP contribution in [0, 0.1) is 3.57 Å². The molecule has 2 aliphatic rings. The average Bonchev–Trinajstić information content (AvgIpc) is 3.81. The SMILES string of the molecule is CC(C)(C)c1cc(-c2c3nc(c(-c4ccc(I)cc4)c4ccc(cc5nc(cc6ccc2[n-]6)C(C)(C)C5O)[n-]4)C=C3)cc(C(C)(C)C)c1.[Zn+2]. The van der Waals surface area contributed by atoms with Crippen molar-refractivity contribution in [2.75, 3.05) is 0 Å². The van der Waals surface area contributed by atoms with Gasteiger partial charge in [0.05, 0.1) is 17.1 Å². The van der Waals surface area contributed by atoms with Crippen LogP contribution < -0.4 is 9.97 Å². The van der Waals surface area contributed by atoms with Gasteiger partial charge in [0.25, 0.3) is 0 Å². The van der Waals surface area contributed by atoms with Gasteiger partial charge in [0.2, 0.25) is 0 Å². The van der Waals surface area contributed by atoms with E-state index < -0.39 is 11.5 Å². The molecule has 1 unspecified atom stereocenters. The van der Waals surface area contributed by atoms with E-state index in [0.717, 1.165) is 65.0 Å². The molecule has 0 aliphatic carbocycles. The summed E-state index contributed by atoms with van der Waals surface area (Å²) in [6.45, 7) is 17.6. The predicted molar refractivity (Wildman–Crippen MR) is 207 cm³/mol. The Labute approximate surface area is 315 Å². The Kier molecular flexibility index (Phi) is 9.21. The summed E-state index contributed by atoms with van der Waals surface area (Å²) in [7, 11) is 0. The fourth-order valence-electron chi connectivity index (χ4n) is 6.42. The molecule has 2 aliphatic heterocycles. The number of hydrogen-bond donors (Lipinski definition) is 1. The predicted octanol–water partition coefficient (Wildman–Crippen LogP) is 10.3. The average molecular weight is 810 g/mol. The molecule has 7 heteroatoms. The molecule has 244 valence electrons. The maximum atomic E-state index is 11.4. The molecular weight excluding hydrogens is 769 g/mol. The number of aliphatic hydroxyl groups excluding tert-OH is 1. The number of aliphatic hydroxyl groups is 1. The van der Waals surface area contributed by atoms with Crippen LogP contribution in [0.1, 0.15) is 95.4 Å². The summed E-state index contributed by atoms with van der Waals surface area (Å²) in [4.78, 5) is 20.5. The Morgan fingerprint density at radius 2 is 1.16 bits per heavy atom. The van der Waals surface area contributed by atoms with E-state index in [1.54, 1.807) is 0 Å². The quantitative estimate of drug-likeness (QED) is 0.139. The Bertz CT molecular complexity index is 2230. The molecule has 8 bridgehead atoms.